The second-order valence-electron chi connectivity index (χ2n) is 6.62. The minimum absolute atomic E-state index is 0.0912. The van der Waals surface area contributed by atoms with Crippen LogP contribution in [-0.2, 0) is 16.1 Å². The molecule has 1 saturated heterocycles. The second kappa shape index (κ2) is 9.30. The fourth-order valence-corrected chi connectivity index (χ4v) is 3.28. The van der Waals surface area contributed by atoms with Crippen molar-refractivity contribution in [2.75, 3.05) is 26.2 Å². The largest absolute Gasteiger partial charge is 0.395 e. The topological polar surface area (TPSA) is 81.7 Å². The highest BCUT2D eigenvalue weighted by Gasteiger charge is 2.31. The van der Waals surface area contributed by atoms with Gasteiger partial charge in [-0.3, -0.25) is 14.5 Å². The van der Waals surface area contributed by atoms with Crippen molar-refractivity contribution < 1.29 is 14.7 Å². The Morgan fingerprint density at radius 1 is 1.11 bits per heavy atom. The molecule has 1 fully saturated rings. The molecular formula is C21H25N3O3. The smallest absolute Gasteiger partial charge is 0.237 e. The number of carbonyl (C=O) groups excluding carboxylic acids is 2. The fraction of sp³-hybridized carbons (Fsp3) is 0.333. The van der Waals surface area contributed by atoms with Crippen LogP contribution in [0.4, 0.5) is 0 Å². The highest BCUT2D eigenvalue weighted by molar-refractivity contribution is 5.88. The predicted molar refractivity (Wildman–Crippen MR) is 104 cm³/mol. The minimum atomic E-state index is -0.494. The van der Waals surface area contributed by atoms with Crippen molar-refractivity contribution in [2.45, 2.75) is 19.0 Å². The Balaban J connectivity index is 1.66. The SMILES string of the molecule is O=C(C[C@@H]1C(=O)NCCN1Cc1ccc(-c2ccccc2)cc1)NCCO. The summed E-state index contributed by atoms with van der Waals surface area (Å²) < 4.78 is 0. The van der Waals surface area contributed by atoms with E-state index in [1.165, 1.54) is 5.56 Å². The van der Waals surface area contributed by atoms with Gasteiger partial charge in [-0.25, -0.2) is 0 Å². The lowest BCUT2D eigenvalue weighted by molar-refractivity contribution is -0.134. The number of aliphatic hydroxyl groups excluding tert-OH is 1. The first-order valence-electron chi connectivity index (χ1n) is 9.21. The van der Waals surface area contributed by atoms with Crippen LogP contribution in [-0.4, -0.2) is 54.1 Å². The van der Waals surface area contributed by atoms with Crippen LogP contribution in [0.3, 0.4) is 0 Å². The van der Waals surface area contributed by atoms with Crippen LogP contribution in [0.15, 0.2) is 54.6 Å². The number of nitrogens with one attached hydrogen (secondary N) is 2. The molecule has 0 bridgehead atoms. The zero-order chi connectivity index (χ0) is 19.1. The van der Waals surface area contributed by atoms with E-state index in [9.17, 15) is 9.59 Å². The molecule has 0 unspecified atom stereocenters. The molecule has 6 heteroatoms. The molecule has 0 spiro atoms. The van der Waals surface area contributed by atoms with E-state index in [2.05, 4.69) is 47.0 Å². The van der Waals surface area contributed by atoms with Gasteiger partial charge in [-0.05, 0) is 16.7 Å². The van der Waals surface area contributed by atoms with Crippen LogP contribution in [0.2, 0.25) is 0 Å². The molecule has 0 radical (unpaired) electrons. The lowest BCUT2D eigenvalue weighted by atomic mass is 10.0. The van der Waals surface area contributed by atoms with Crippen LogP contribution in [0.5, 0.6) is 0 Å². The number of benzene rings is 2. The van der Waals surface area contributed by atoms with Gasteiger partial charge in [0.2, 0.25) is 11.8 Å². The number of nitrogens with zero attached hydrogens (tertiary/aromatic N) is 1. The quantitative estimate of drug-likeness (QED) is 0.686. The van der Waals surface area contributed by atoms with E-state index in [0.29, 0.717) is 19.6 Å². The average molecular weight is 367 g/mol. The number of hydrogen-bond acceptors (Lipinski definition) is 4. The van der Waals surface area contributed by atoms with E-state index in [1.54, 1.807) is 0 Å². The zero-order valence-corrected chi connectivity index (χ0v) is 15.2. The van der Waals surface area contributed by atoms with Crippen LogP contribution < -0.4 is 10.6 Å². The van der Waals surface area contributed by atoms with Crippen LogP contribution >= 0.6 is 0 Å². The number of aliphatic hydroxyl groups is 1. The number of rotatable bonds is 7. The molecule has 142 valence electrons. The molecule has 3 N–H and O–H groups in total. The van der Waals surface area contributed by atoms with E-state index in [1.807, 2.05) is 23.1 Å². The monoisotopic (exact) mass is 367 g/mol. The van der Waals surface area contributed by atoms with E-state index in [4.69, 9.17) is 5.11 Å². The Bertz CT molecular complexity index is 762. The molecule has 1 aliphatic rings. The molecule has 3 rings (SSSR count). The summed E-state index contributed by atoms with van der Waals surface area (Å²) in [6.07, 6.45) is 0.0912. The van der Waals surface area contributed by atoms with Crippen molar-refractivity contribution in [1.29, 1.82) is 0 Å². The van der Waals surface area contributed by atoms with Gasteiger partial charge >= 0.3 is 0 Å². The Morgan fingerprint density at radius 3 is 2.52 bits per heavy atom. The maximum absolute atomic E-state index is 12.3. The lowest BCUT2D eigenvalue weighted by Gasteiger charge is -2.34. The summed E-state index contributed by atoms with van der Waals surface area (Å²) in [4.78, 5) is 26.3. The van der Waals surface area contributed by atoms with Crippen molar-refractivity contribution in [1.82, 2.24) is 15.5 Å². The van der Waals surface area contributed by atoms with Crippen molar-refractivity contribution in [3.05, 3.63) is 60.2 Å². The van der Waals surface area contributed by atoms with Crippen molar-refractivity contribution >= 4 is 11.8 Å². The predicted octanol–water partition coefficient (Wildman–Crippen LogP) is 1.15. The molecule has 1 heterocycles. The molecule has 2 amide bonds. The molecule has 1 atom stereocenters. The molecule has 0 aliphatic carbocycles. The van der Waals surface area contributed by atoms with Crippen molar-refractivity contribution in [3.63, 3.8) is 0 Å². The van der Waals surface area contributed by atoms with Crippen molar-refractivity contribution in [2.24, 2.45) is 0 Å². The summed E-state index contributed by atoms with van der Waals surface area (Å²) in [6.45, 7) is 1.98. The third-order valence-electron chi connectivity index (χ3n) is 4.70. The molecule has 0 aromatic heterocycles. The van der Waals surface area contributed by atoms with Gasteiger partial charge in [0.15, 0.2) is 0 Å². The number of carbonyl (C=O) groups is 2. The number of hydrogen-bond donors (Lipinski definition) is 3. The van der Waals surface area contributed by atoms with Gasteiger partial charge in [-0.1, -0.05) is 54.6 Å². The maximum atomic E-state index is 12.3. The van der Waals surface area contributed by atoms with Gasteiger partial charge in [0.05, 0.1) is 19.1 Å². The first kappa shape index (κ1) is 19.1. The second-order valence-corrected chi connectivity index (χ2v) is 6.62. The maximum Gasteiger partial charge on any atom is 0.237 e. The number of piperazine rings is 1. The molecule has 6 nitrogen and oxygen atoms in total. The summed E-state index contributed by atoms with van der Waals surface area (Å²) in [7, 11) is 0. The summed E-state index contributed by atoms with van der Waals surface area (Å²) >= 11 is 0. The Labute approximate surface area is 159 Å². The third-order valence-corrected chi connectivity index (χ3v) is 4.70. The summed E-state index contributed by atoms with van der Waals surface area (Å²) in [6, 6.07) is 18.0. The standard InChI is InChI=1S/C21H25N3O3/c25-13-11-22-20(26)14-19-21(27)23-10-12-24(19)15-16-6-8-18(9-7-16)17-4-2-1-3-5-17/h1-9,19,25H,10-15H2,(H,22,26)(H,23,27)/t19-/m1/s1. The Morgan fingerprint density at radius 2 is 1.81 bits per heavy atom. The van der Waals surface area contributed by atoms with Gasteiger partial charge in [0.1, 0.15) is 0 Å². The minimum Gasteiger partial charge on any atom is -0.395 e. The molecule has 2 aromatic rings. The Hall–Kier alpha value is -2.70. The van der Waals surface area contributed by atoms with Gasteiger partial charge in [-0.2, -0.15) is 0 Å². The van der Waals surface area contributed by atoms with Crippen molar-refractivity contribution in [3.8, 4) is 11.1 Å². The van der Waals surface area contributed by atoms with Crippen LogP contribution in [0.25, 0.3) is 11.1 Å². The van der Waals surface area contributed by atoms with E-state index in [0.717, 1.165) is 11.1 Å². The van der Waals surface area contributed by atoms with Gasteiger partial charge in [0, 0.05) is 26.2 Å². The first-order valence-corrected chi connectivity index (χ1v) is 9.21. The van der Waals surface area contributed by atoms with Gasteiger partial charge < -0.3 is 15.7 Å². The summed E-state index contributed by atoms with van der Waals surface area (Å²) in [5.74, 6) is -0.350. The van der Waals surface area contributed by atoms with Crippen LogP contribution in [0, 0.1) is 0 Å². The lowest BCUT2D eigenvalue weighted by Crippen LogP contribution is -2.56. The van der Waals surface area contributed by atoms with E-state index < -0.39 is 6.04 Å². The highest BCUT2D eigenvalue weighted by Crippen LogP contribution is 2.21. The summed E-state index contributed by atoms with van der Waals surface area (Å²) in [5.41, 5.74) is 3.42. The zero-order valence-electron chi connectivity index (χ0n) is 15.2. The average Bonchev–Trinajstić information content (AvgIpc) is 2.70. The van der Waals surface area contributed by atoms with E-state index in [-0.39, 0.29) is 31.4 Å². The fourth-order valence-electron chi connectivity index (χ4n) is 3.28. The van der Waals surface area contributed by atoms with E-state index >= 15 is 0 Å². The first-order chi connectivity index (χ1) is 13.2. The van der Waals surface area contributed by atoms with Gasteiger partial charge in [-0.15, -0.1) is 0 Å². The Kier molecular flexibility index (Phi) is 6.57. The van der Waals surface area contributed by atoms with Crippen LogP contribution in [0.1, 0.15) is 12.0 Å². The molecule has 27 heavy (non-hydrogen) atoms. The molecule has 0 saturated carbocycles. The molecule has 2 aromatic carbocycles. The third kappa shape index (κ3) is 5.15. The summed E-state index contributed by atoms with van der Waals surface area (Å²) in [5, 5.41) is 14.3. The molecule has 1 aliphatic heterocycles. The number of amides is 2. The van der Waals surface area contributed by atoms with Gasteiger partial charge in [0.25, 0.3) is 0 Å². The highest BCUT2D eigenvalue weighted by atomic mass is 16.3. The normalized spacial score (nSPS) is 17.4. The molecular weight excluding hydrogens is 342 g/mol.